The Bertz CT molecular complexity index is 620. The van der Waals surface area contributed by atoms with Gasteiger partial charge in [0, 0.05) is 43.4 Å². The molecule has 6 heteroatoms. The summed E-state index contributed by atoms with van der Waals surface area (Å²) in [5.74, 6) is 0.943. The minimum atomic E-state index is -0.0175. The number of hydrogen-bond donors (Lipinski definition) is 2. The lowest BCUT2D eigenvalue weighted by molar-refractivity contribution is -0.127. The van der Waals surface area contributed by atoms with Crippen LogP contribution in [0.2, 0.25) is 0 Å². The molecule has 0 unspecified atom stereocenters. The van der Waals surface area contributed by atoms with Gasteiger partial charge in [-0.3, -0.25) is 4.79 Å². The summed E-state index contributed by atoms with van der Waals surface area (Å²) in [6.45, 7) is 2.65. The fraction of sp³-hybridized carbons (Fsp3) is 0.737. The van der Waals surface area contributed by atoms with Crippen molar-refractivity contribution < 1.29 is 9.53 Å². The summed E-state index contributed by atoms with van der Waals surface area (Å²) in [6, 6.07) is 0.0425. The molecule has 0 spiro atoms. The van der Waals surface area contributed by atoms with E-state index in [-0.39, 0.29) is 24.0 Å². The lowest BCUT2D eigenvalue weighted by Gasteiger charge is -2.32. The number of aryl methyl sites for hydroxylation is 2. The van der Waals surface area contributed by atoms with Crippen molar-refractivity contribution in [1.29, 1.82) is 0 Å². The Balaban J connectivity index is 1.51. The molecule has 0 aromatic carbocycles. The maximum atomic E-state index is 12.4. The van der Waals surface area contributed by atoms with Crippen molar-refractivity contribution in [3.8, 4) is 0 Å². The zero-order valence-electron chi connectivity index (χ0n) is 15.4. The smallest absolute Gasteiger partial charge is 0.223 e. The third kappa shape index (κ3) is 4.36. The minimum Gasteiger partial charge on any atom is -0.380 e. The number of methoxy groups -OCH3 is 1. The maximum Gasteiger partial charge on any atom is 0.223 e. The average Bonchev–Trinajstić information content (AvgIpc) is 2.62. The van der Waals surface area contributed by atoms with E-state index in [4.69, 9.17) is 15.5 Å². The molecular formula is C19H30N4O2. The second-order valence-electron chi connectivity index (χ2n) is 7.35. The van der Waals surface area contributed by atoms with E-state index in [0.29, 0.717) is 19.4 Å². The highest BCUT2D eigenvalue weighted by atomic mass is 16.5. The lowest BCUT2D eigenvalue weighted by Crippen LogP contribution is -2.45. The van der Waals surface area contributed by atoms with Crippen molar-refractivity contribution in [3.05, 3.63) is 22.8 Å². The molecule has 0 bridgehead atoms. The monoisotopic (exact) mass is 346 g/mol. The second kappa shape index (κ2) is 8.23. The number of hydrogen-bond acceptors (Lipinski definition) is 5. The molecule has 1 heterocycles. The summed E-state index contributed by atoms with van der Waals surface area (Å²) in [4.78, 5) is 21.8. The van der Waals surface area contributed by atoms with Gasteiger partial charge >= 0.3 is 0 Å². The van der Waals surface area contributed by atoms with Gasteiger partial charge in [-0.05, 0) is 57.4 Å². The van der Waals surface area contributed by atoms with Gasteiger partial charge in [-0.15, -0.1) is 0 Å². The van der Waals surface area contributed by atoms with E-state index < -0.39 is 0 Å². The minimum absolute atomic E-state index is 0.00376. The lowest BCUT2D eigenvalue weighted by atomic mass is 9.83. The van der Waals surface area contributed by atoms with Crippen LogP contribution in [0.5, 0.6) is 0 Å². The molecule has 0 radical (unpaired) electrons. The molecule has 0 saturated heterocycles. The fourth-order valence-corrected chi connectivity index (χ4v) is 4.06. The highest BCUT2D eigenvalue weighted by Crippen LogP contribution is 2.25. The Morgan fingerprint density at radius 1 is 1.28 bits per heavy atom. The topological polar surface area (TPSA) is 90.1 Å². The van der Waals surface area contributed by atoms with Crippen molar-refractivity contribution in [1.82, 2.24) is 15.3 Å². The van der Waals surface area contributed by atoms with Crippen LogP contribution in [0.15, 0.2) is 0 Å². The van der Waals surface area contributed by atoms with Crippen molar-refractivity contribution in [2.24, 2.45) is 11.7 Å². The molecule has 2 aliphatic carbocycles. The Morgan fingerprint density at radius 2 is 2.08 bits per heavy atom. The van der Waals surface area contributed by atoms with Gasteiger partial charge in [-0.1, -0.05) is 0 Å². The number of carbonyl (C=O) groups excluding carboxylic acids is 1. The van der Waals surface area contributed by atoms with E-state index in [1.807, 2.05) is 0 Å². The van der Waals surface area contributed by atoms with Crippen molar-refractivity contribution in [3.63, 3.8) is 0 Å². The van der Waals surface area contributed by atoms with Crippen LogP contribution >= 0.6 is 0 Å². The number of rotatable bonds is 5. The largest absolute Gasteiger partial charge is 0.380 e. The maximum absolute atomic E-state index is 12.4. The molecule has 1 aromatic heterocycles. The highest BCUT2D eigenvalue weighted by molar-refractivity contribution is 5.78. The summed E-state index contributed by atoms with van der Waals surface area (Å²) >= 11 is 0. The number of carbonyl (C=O) groups is 1. The van der Waals surface area contributed by atoms with Gasteiger partial charge in [-0.2, -0.15) is 0 Å². The third-order valence-corrected chi connectivity index (χ3v) is 5.60. The van der Waals surface area contributed by atoms with Crippen LogP contribution in [0.4, 0.5) is 0 Å². The van der Waals surface area contributed by atoms with E-state index >= 15 is 0 Å². The normalized spacial score (nSPS) is 26.1. The van der Waals surface area contributed by atoms with Crippen molar-refractivity contribution in [2.45, 2.75) is 70.4 Å². The van der Waals surface area contributed by atoms with Crippen LogP contribution in [-0.2, 0) is 28.8 Å². The van der Waals surface area contributed by atoms with E-state index in [1.54, 1.807) is 7.11 Å². The molecule has 1 fully saturated rings. The summed E-state index contributed by atoms with van der Waals surface area (Å²) in [5.41, 5.74) is 9.68. The number of fused-ring (bicyclic) bond motifs is 1. The van der Waals surface area contributed by atoms with Crippen LogP contribution in [0.1, 0.15) is 54.9 Å². The first kappa shape index (κ1) is 18.3. The van der Waals surface area contributed by atoms with Crippen LogP contribution < -0.4 is 11.1 Å². The molecule has 3 N–H and O–H groups in total. The predicted octanol–water partition coefficient (Wildman–Crippen LogP) is 1.46. The Labute approximate surface area is 149 Å². The van der Waals surface area contributed by atoms with Gasteiger partial charge in [0.1, 0.15) is 5.82 Å². The Morgan fingerprint density at radius 3 is 2.88 bits per heavy atom. The van der Waals surface area contributed by atoms with E-state index in [0.717, 1.165) is 37.2 Å². The van der Waals surface area contributed by atoms with Crippen LogP contribution in [0.25, 0.3) is 0 Å². The standard InChI is InChI=1S/C19H30N4O2/c1-12-14-5-3-4-6-16(14)23-18(22-12)9-10-21-19(24)13-7-8-15(20)17(11-13)25-2/h13,15,17H,3-11,20H2,1-2H3,(H,21,24)/t13-,15+,17+/m0/s1. The van der Waals surface area contributed by atoms with Gasteiger partial charge in [0.2, 0.25) is 5.91 Å². The van der Waals surface area contributed by atoms with Crippen LogP contribution in [-0.4, -0.2) is 41.7 Å². The number of nitrogens with one attached hydrogen (secondary N) is 1. The van der Waals surface area contributed by atoms with Gasteiger partial charge in [0.05, 0.1) is 6.10 Å². The number of nitrogens with two attached hydrogens (primary N) is 1. The summed E-state index contributed by atoms with van der Waals surface area (Å²) in [6.07, 6.45) is 7.64. The molecule has 1 amide bonds. The van der Waals surface area contributed by atoms with E-state index in [9.17, 15) is 4.79 Å². The van der Waals surface area contributed by atoms with Gasteiger partial charge in [0.25, 0.3) is 0 Å². The van der Waals surface area contributed by atoms with E-state index in [2.05, 4.69) is 17.2 Å². The molecular weight excluding hydrogens is 316 g/mol. The predicted molar refractivity (Wildman–Crippen MR) is 96.2 cm³/mol. The van der Waals surface area contributed by atoms with Crippen molar-refractivity contribution in [2.75, 3.05) is 13.7 Å². The van der Waals surface area contributed by atoms with Crippen LogP contribution in [0.3, 0.4) is 0 Å². The molecule has 6 nitrogen and oxygen atoms in total. The SMILES string of the molecule is CO[C@@H]1C[C@@H](C(=O)NCCc2nc(C)c3c(n2)CCCC3)CC[C@H]1N. The Kier molecular flexibility index (Phi) is 6.02. The molecule has 138 valence electrons. The first-order valence-electron chi connectivity index (χ1n) is 9.50. The number of ether oxygens (including phenoxy) is 1. The molecule has 1 aromatic rings. The quantitative estimate of drug-likeness (QED) is 0.842. The van der Waals surface area contributed by atoms with Crippen molar-refractivity contribution >= 4 is 5.91 Å². The molecule has 3 atom stereocenters. The molecule has 1 saturated carbocycles. The second-order valence-corrected chi connectivity index (χ2v) is 7.35. The third-order valence-electron chi connectivity index (χ3n) is 5.60. The van der Waals surface area contributed by atoms with Gasteiger partial charge in [0.15, 0.2) is 0 Å². The summed E-state index contributed by atoms with van der Waals surface area (Å²) in [7, 11) is 1.67. The van der Waals surface area contributed by atoms with Crippen LogP contribution in [0, 0.1) is 12.8 Å². The highest BCUT2D eigenvalue weighted by Gasteiger charge is 2.31. The zero-order chi connectivity index (χ0) is 17.8. The summed E-state index contributed by atoms with van der Waals surface area (Å²) in [5, 5.41) is 3.04. The summed E-state index contributed by atoms with van der Waals surface area (Å²) < 4.78 is 5.40. The molecule has 2 aliphatic rings. The van der Waals surface area contributed by atoms with Gasteiger partial charge < -0.3 is 15.8 Å². The Hall–Kier alpha value is -1.53. The molecule has 25 heavy (non-hydrogen) atoms. The first-order chi connectivity index (χ1) is 12.1. The first-order valence-corrected chi connectivity index (χ1v) is 9.50. The molecule has 0 aliphatic heterocycles. The average molecular weight is 346 g/mol. The number of nitrogens with zero attached hydrogens (tertiary/aromatic N) is 2. The zero-order valence-corrected chi connectivity index (χ0v) is 15.4. The fourth-order valence-electron chi connectivity index (χ4n) is 4.06. The number of amides is 1. The van der Waals surface area contributed by atoms with E-state index in [1.165, 1.54) is 24.1 Å². The van der Waals surface area contributed by atoms with Gasteiger partial charge in [-0.25, -0.2) is 9.97 Å². The molecule has 3 rings (SSSR count). The number of aromatic nitrogens is 2.